The van der Waals surface area contributed by atoms with E-state index in [-0.39, 0.29) is 0 Å². The molecule has 0 nitrogen and oxygen atoms in total. The van der Waals surface area contributed by atoms with Gasteiger partial charge in [0.1, 0.15) is 31.8 Å². The molecule has 50 heavy (non-hydrogen) atoms. The maximum absolute atomic E-state index is 5.73. The van der Waals surface area contributed by atoms with Crippen LogP contribution < -0.4 is 36.3 Å². The average Bonchev–Trinajstić information content (AvgIpc) is 3.18. The van der Waals surface area contributed by atoms with Crippen molar-refractivity contribution < 1.29 is 13.5 Å². The summed E-state index contributed by atoms with van der Waals surface area (Å²) < 4.78 is 3.29. The first-order valence-electron chi connectivity index (χ1n) is 15.9. The van der Waals surface area contributed by atoms with E-state index in [9.17, 15) is 0 Å². The van der Waals surface area contributed by atoms with E-state index in [2.05, 4.69) is 182 Å². The summed E-state index contributed by atoms with van der Waals surface area (Å²) in [5.41, 5.74) is 0. The Balaban J connectivity index is 0.000000150. The zero-order chi connectivity index (χ0) is 34.8. The van der Waals surface area contributed by atoms with Gasteiger partial charge in [-0.25, -0.2) is 0 Å². The Morgan fingerprint density at radius 1 is 0.360 bits per heavy atom. The molecule has 7 aromatic carbocycles. The van der Waals surface area contributed by atoms with Crippen LogP contribution in [0.5, 0.6) is 0 Å². The molecule has 0 atom stereocenters. The van der Waals surface area contributed by atoms with Gasteiger partial charge in [-0.3, -0.25) is 0 Å². The number of benzene rings is 7. The van der Waals surface area contributed by atoms with Gasteiger partial charge in [-0.05, 0) is 72.8 Å². The van der Waals surface area contributed by atoms with Gasteiger partial charge in [0.25, 0.3) is 0 Å². The molecule has 7 heteroatoms. The molecule has 0 radical (unpaired) electrons. The van der Waals surface area contributed by atoms with E-state index in [1.165, 1.54) is 36.3 Å². The summed E-state index contributed by atoms with van der Waals surface area (Å²) in [5.74, 6) is 0. The Bertz CT molecular complexity index is 1680. The summed E-state index contributed by atoms with van der Waals surface area (Å²) in [6.07, 6.45) is 0. The third-order valence-corrected chi connectivity index (χ3v) is 21.3. The molecule has 0 unspecified atom stereocenters. The molecule has 252 valence electrons. The standard InChI is InChI=1S/2C18H15P.C7H5ClSe.2ClH.Ru/c2*1-4-10-16(11-5-1)19(17-12-6-2-7-13-17)18-14-8-3-9-15-18;1-9-7-4-2-6(8)3-5-7;;;/h2*1-15H;1-5H;2*1H;/q;;;;;+2. The van der Waals surface area contributed by atoms with E-state index in [1.54, 1.807) is 0 Å². The maximum Gasteiger partial charge on any atom is 0.102 e. The molecular formula is C43H37Cl3P2RuSe+2. The van der Waals surface area contributed by atoms with Gasteiger partial charge >= 0.3 is 96.7 Å². The van der Waals surface area contributed by atoms with Gasteiger partial charge in [-0.2, -0.15) is 0 Å². The first-order chi connectivity index (χ1) is 24.6. The molecular weight excluding hydrogens is 865 g/mol. The average molecular weight is 902 g/mol. The molecule has 0 fully saturated rings. The Kier molecular flexibility index (Phi) is 16.6. The molecule has 7 aromatic rings. The fourth-order valence-electron chi connectivity index (χ4n) is 5.22. The van der Waals surface area contributed by atoms with Crippen molar-refractivity contribution in [2.75, 3.05) is 0 Å². The molecule has 0 bridgehead atoms. The van der Waals surface area contributed by atoms with Gasteiger partial charge in [-0.1, -0.05) is 109 Å². The van der Waals surface area contributed by atoms with Crippen LogP contribution >= 0.6 is 46.8 Å². The normalized spacial score (nSPS) is 10.7. The Labute approximate surface area is 323 Å². The Morgan fingerprint density at radius 3 is 0.820 bits per heavy atom. The predicted molar refractivity (Wildman–Crippen MR) is 228 cm³/mol. The predicted octanol–water partition coefficient (Wildman–Crippen LogP) is 8.71. The molecule has 0 amide bonds. The van der Waals surface area contributed by atoms with Gasteiger partial charge in [0.05, 0.1) is 15.8 Å². The minimum atomic E-state index is -1.58. The summed E-state index contributed by atoms with van der Waals surface area (Å²) in [6, 6.07) is 72.8. The van der Waals surface area contributed by atoms with Crippen molar-refractivity contribution in [3.8, 4) is 0 Å². The molecule has 0 aliphatic carbocycles. The molecule has 0 saturated carbocycles. The van der Waals surface area contributed by atoms with Crippen LogP contribution in [0.15, 0.2) is 206 Å². The third kappa shape index (κ3) is 12.5. The number of halogens is 3. The number of hydrogen-bond donors (Lipinski definition) is 0. The first kappa shape index (κ1) is 38.5. The van der Waals surface area contributed by atoms with E-state index in [0.29, 0.717) is 15.0 Å². The number of rotatable bonds is 8. The fourth-order valence-corrected chi connectivity index (χ4v) is 15.4. The second kappa shape index (κ2) is 21.6. The minimum Gasteiger partial charge on any atom is -0.0620 e. The summed E-state index contributed by atoms with van der Waals surface area (Å²) in [5, 5.41) is 9.37. The van der Waals surface area contributed by atoms with E-state index >= 15 is 0 Å². The maximum atomic E-state index is 5.73. The van der Waals surface area contributed by atoms with E-state index in [4.69, 9.17) is 31.0 Å². The smallest absolute Gasteiger partial charge is 0.0620 e. The van der Waals surface area contributed by atoms with E-state index < -0.39 is 29.4 Å². The summed E-state index contributed by atoms with van der Waals surface area (Å²) in [4.78, 5) is 0. The Morgan fingerprint density at radius 2 is 0.600 bits per heavy atom. The second-order valence-corrected chi connectivity index (χ2v) is 25.4. The van der Waals surface area contributed by atoms with Crippen molar-refractivity contribution in [1.82, 2.24) is 0 Å². The molecule has 0 saturated heterocycles. The topological polar surface area (TPSA) is 0 Å². The summed E-state index contributed by atoms with van der Waals surface area (Å²) in [6.45, 7) is 0. The Hall–Kier alpha value is -2.72. The van der Waals surface area contributed by atoms with Crippen molar-refractivity contribution in [1.29, 1.82) is 0 Å². The van der Waals surface area contributed by atoms with Gasteiger partial charge < -0.3 is 0 Å². The molecule has 0 spiro atoms. The second-order valence-electron chi connectivity index (χ2n) is 10.8. The van der Waals surface area contributed by atoms with Crippen LogP contribution in [0.3, 0.4) is 0 Å². The fraction of sp³-hybridized carbons (Fsp3) is 0. The summed E-state index contributed by atoms with van der Waals surface area (Å²) in [7, 11) is 9.65. The van der Waals surface area contributed by atoms with Crippen LogP contribution in [0.25, 0.3) is 0 Å². The molecule has 0 aromatic heterocycles. The van der Waals surface area contributed by atoms with E-state index in [0.717, 1.165) is 5.02 Å². The van der Waals surface area contributed by atoms with Gasteiger partial charge in [-0.15, -0.1) is 0 Å². The SMILES string of the molecule is Clc1ccc([Se][CH]=[Ru]([Cl])[Cl])cc1.c1ccc([PH+](c2ccccc2)c2ccccc2)cc1.c1ccc([PH+](c2ccccc2)c2ccccc2)cc1. The van der Waals surface area contributed by atoms with Crippen LogP contribution in [-0.2, 0) is 13.5 Å². The molecule has 0 aliphatic heterocycles. The van der Waals surface area contributed by atoms with Gasteiger partial charge in [0.15, 0.2) is 0 Å². The minimum absolute atomic E-state index is 0.299. The zero-order valence-corrected chi connectivity index (χ0v) is 34.8. The quantitative estimate of drug-likeness (QED) is 0.106. The van der Waals surface area contributed by atoms with Crippen molar-refractivity contribution in [2.24, 2.45) is 0 Å². The van der Waals surface area contributed by atoms with Crippen LogP contribution in [-0.4, -0.2) is 18.5 Å². The van der Waals surface area contributed by atoms with E-state index in [1.807, 2.05) is 27.8 Å². The van der Waals surface area contributed by atoms with Crippen molar-refractivity contribution in [3.63, 3.8) is 0 Å². The first-order valence-corrected chi connectivity index (χ1v) is 26.6. The van der Waals surface area contributed by atoms with Crippen LogP contribution in [0.1, 0.15) is 0 Å². The number of hydrogen-bond acceptors (Lipinski definition) is 0. The monoisotopic (exact) mass is 902 g/mol. The van der Waals surface area contributed by atoms with Crippen LogP contribution in [0.4, 0.5) is 0 Å². The van der Waals surface area contributed by atoms with Crippen molar-refractivity contribution in [3.05, 3.63) is 211 Å². The largest absolute Gasteiger partial charge is 0.102 e. The van der Waals surface area contributed by atoms with Crippen molar-refractivity contribution in [2.45, 2.75) is 0 Å². The molecule has 0 aliphatic rings. The van der Waals surface area contributed by atoms with Crippen LogP contribution in [0, 0.1) is 0 Å². The van der Waals surface area contributed by atoms with Crippen molar-refractivity contribution >= 4 is 102 Å². The van der Waals surface area contributed by atoms with Crippen LogP contribution in [0.2, 0.25) is 5.02 Å². The van der Waals surface area contributed by atoms with Gasteiger partial charge in [0, 0.05) is 0 Å². The molecule has 7 rings (SSSR count). The van der Waals surface area contributed by atoms with Gasteiger partial charge in [0.2, 0.25) is 0 Å². The molecule has 0 heterocycles. The third-order valence-electron chi connectivity index (χ3n) is 7.43. The molecule has 0 N–H and O–H groups in total. The summed E-state index contributed by atoms with van der Waals surface area (Å²) >= 11 is 4.45. The zero-order valence-electron chi connectivity index (χ0n) is 27.1.